The number of hydrogen-bond donors (Lipinski definition) is 0. The molecule has 0 atom stereocenters. The summed E-state index contributed by atoms with van der Waals surface area (Å²) in [5, 5.41) is 4.40. The second kappa shape index (κ2) is 9.50. The second-order valence-corrected chi connectivity index (χ2v) is 9.31. The number of hydrogen-bond acceptors (Lipinski definition) is 6. The van der Waals surface area contributed by atoms with E-state index in [1.54, 1.807) is 12.3 Å². The van der Waals surface area contributed by atoms with Crippen LogP contribution in [0.25, 0.3) is 22.6 Å². The van der Waals surface area contributed by atoms with E-state index in [4.69, 9.17) is 14.7 Å². The SMILES string of the molecule is FC(F)Cn1ccc(-c2nc3n(c2-c2ccc4c(c2)CN(CCN2CCOCC2)C=N4)CCC3)n1. The van der Waals surface area contributed by atoms with Gasteiger partial charge in [0.2, 0.25) is 0 Å². The lowest BCUT2D eigenvalue weighted by atomic mass is 10.0. The molecule has 5 heterocycles. The van der Waals surface area contributed by atoms with Gasteiger partial charge in [0.15, 0.2) is 0 Å². The van der Waals surface area contributed by atoms with Gasteiger partial charge < -0.3 is 14.2 Å². The molecule has 184 valence electrons. The highest BCUT2D eigenvalue weighted by Crippen LogP contribution is 2.37. The van der Waals surface area contributed by atoms with Gasteiger partial charge in [-0.15, -0.1) is 0 Å². The van der Waals surface area contributed by atoms with E-state index in [2.05, 4.69) is 37.7 Å². The van der Waals surface area contributed by atoms with Gasteiger partial charge in [0.1, 0.15) is 23.8 Å². The molecule has 1 saturated heterocycles. The van der Waals surface area contributed by atoms with Crippen LogP contribution in [0.15, 0.2) is 35.5 Å². The molecule has 0 spiro atoms. The molecule has 0 bridgehead atoms. The standard InChI is InChI=1S/C25H29F2N7O/c26-22(27)16-33-7-5-21(30-33)24-25(34-6-1-2-23(34)29-24)18-3-4-20-19(14-18)15-32(17-28-20)9-8-31-10-12-35-13-11-31/h3-5,7,14,17,22H,1-2,6,8-13,15-16H2. The van der Waals surface area contributed by atoms with Crippen molar-refractivity contribution in [2.24, 2.45) is 4.99 Å². The quantitative estimate of drug-likeness (QED) is 0.518. The van der Waals surface area contributed by atoms with Crippen LogP contribution in [-0.4, -0.2) is 81.3 Å². The summed E-state index contributed by atoms with van der Waals surface area (Å²) >= 11 is 0. The van der Waals surface area contributed by atoms with Gasteiger partial charge in [-0.25, -0.2) is 18.8 Å². The molecular weight excluding hydrogens is 452 g/mol. The number of imidazole rings is 1. The van der Waals surface area contributed by atoms with Crippen LogP contribution >= 0.6 is 0 Å². The zero-order valence-corrected chi connectivity index (χ0v) is 19.6. The summed E-state index contributed by atoms with van der Waals surface area (Å²) in [6, 6.07) is 8.13. The summed E-state index contributed by atoms with van der Waals surface area (Å²) < 4.78 is 34.7. The van der Waals surface area contributed by atoms with Gasteiger partial charge in [-0.1, -0.05) is 6.07 Å². The highest BCUT2D eigenvalue weighted by atomic mass is 19.3. The van der Waals surface area contributed by atoms with Gasteiger partial charge in [-0.3, -0.25) is 9.58 Å². The first-order valence-electron chi connectivity index (χ1n) is 12.3. The molecule has 0 radical (unpaired) electrons. The molecule has 0 N–H and O–H groups in total. The number of benzene rings is 1. The van der Waals surface area contributed by atoms with Crippen molar-refractivity contribution in [1.82, 2.24) is 29.1 Å². The first-order chi connectivity index (χ1) is 17.1. The fourth-order valence-electron chi connectivity index (χ4n) is 5.15. The van der Waals surface area contributed by atoms with E-state index in [0.29, 0.717) is 5.69 Å². The highest BCUT2D eigenvalue weighted by molar-refractivity contribution is 5.80. The molecule has 2 aromatic heterocycles. The zero-order chi connectivity index (χ0) is 23.8. The molecule has 0 unspecified atom stereocenters. The molecule has 35 heavy (non-hydrogen) atoms. The van der Waals surface area contributed by atoms with Crippen molar-refractivity contribution < 1.29 is 13.5 Å². The van der Waals surface area contributed by atoms with Crippen molar-refractivity contribution in [3.63, 3.8) is 0 Å². The van der Waals surface area contributed by atoms with Crippen LogP contribution in [0.5, 0.6) is 0 Å². The normalized spacial score (nSPS) is 17.9. The molecular formula is C25H29F2N7O. The average Bonchev–Trinajstić information content (AvgIpc) is 3.59. The summed E-state index contributed by atoms with van der Waals surface area (Å²) in [6.07, 6.45) is 3.07. The highest BCUT2D eigenvalue weighted by Gasteiger charge is 2.26. The first-order valence-corrected chi connectivity index (χ1v) is 12.3. The molecule has 8 nitrogen and oxygen atoms in total. The number of aliphatic imine (C=N–C) groups is 1. The molecule has 3 aliphatic heterocycles. The van der Waals surface area contributed by atoms with Crippen LogP contribution in [0.1, 0.15) is 17.8 Å². The van der Waals surface area contributed by atoms with E-state index in [0.717, 1.165) is 93.8 Å². The molecule has 10 heteroatoms. The molecule has 3 aromatic rings. The lowest BCUT2D eigenvalue weighted by Crippen LogP contribution is -2.41. The van der Waals surface area contributed by atoms with Crippen molar-refractivity contribution in [2.75, 3.05) is 39.4 Å². The first kappa shape index (κ1) is 22.4. The van der Waals surface area contributed by atoms with Gasteiger partial charge >= 0.3 is 0 Å². The second-order valence-electron chi connectivity index (χ2n) is 9.31. The Bertz CT molecular complexity index is 1230. The minimum absolute atomic E-state index is 0.417. The van der Waals surface area contributed by atoms with Crippen LogP contribution < -0.4 is 0 Å². The third-order valence-corrected chi connectivity index (χ3v) is 6.93. The number of ether oxygens (including phenoxy) is 1. The predicted octanol–water partition coefficient (Wildman–Crippen LogP) is 3.43. The van der Waals surface area contributed by atoms with E-state index in [1.807, 2.05) is 6.34 Å². The fourth-order valence-corrected chi connectivity index (χ4v) is 5.15. The van der Waals surface area contributed by atoms with Gasteiger partial charge in [0.05, 0.1) is 30.9 Å². The smallest absolute Gasteiger partial charge is 0.257 e. The molecule has 1 fully saturated rings. The van der Waals surface area contributed by atoms with Crippen molar-refractivity contribution in [3.8, 4) is 22.6 Å². The van der Waals surface area contributed by atoms with Gasteiger partial charge in [0.25, 0.3) is 6.43 Å². The maximum Gasteiger partial charge on any atom is 0.257 e. The maximum absolute atomic E-state index is 12.9. The number of fused-ring (bicyclic) bond motifs is 2. The molecule has 0 amide bonds. The Balaban J connectivity index is 1.27. The summed E-state index contributed by atoms with van der Waals surface area (Å²) in [7, 11) is 0. The van der Waals surface area contributed by atoms with Crippen molar-refractivity contribution in [3.05, 3.63) is 41.9 Å². The van der Waals surface area contributed by atoms with Crippen LogP contribution in [0.2, 0.25) is 0 Å². The maximum atomic E-state index is 12.9. The number of nitrogens with zero attached hydrogens (tertiary/aromatic N) is 7. The third-order valence-electron chi connectivity index (χ3n) is 6.93. The number of morpholine rings is 1. The largest absolute Gasteiger partial charge is 0.379 e. The van der Waals surface area contributed by atoms with E-state index < -0.39 is 13.0 Å². The molecule has 6 rings (SSSR count). The Labute approximate surface area is 202 Å². The van der Waals surface area contributed by atoms with Crippen LogP contribution in [0.4, 0.5) is 14.5 Å². The summed E-state index contributed by atoms with van der Waals surface area (Å²) in [5.74, 6) is 1.03. The lowest BCUT2D eigenvalue weighted by Gasteiger charge is -2.30. The average molecular weight is 482 g/mol. The molecule has 1 aromatic carbocycles. The number of halogens is 2. The topological polar surface area (TPSA) is 63.7 Å². The summed E-state index contributed by atoms with van der Waals surface area (Å²) in [4.78, 5) is 14.3. The lowest BCUT2D eigenvalue weighted by molar-refractivity contribution is 0.0358. The number of aromatic nitrogens is 4. The van der Waals surface area contributed by atoms with Crippen molar-refractivity contribution >= 4 is 12.0 Å². The van der Waals surface area contributed by atoms with Crippen molar-refractivity contribution in [2.45, 2.75) is 38.9 Å². The van der Waals surface area contributed by atoms with Crippen LogP contribution in [0.3, 0.4) is 0 Å². The molecule has 3 aliphatic rings. The zero-order valence-electron chi connectivity index (χ0n) is 19.6. The monoisotopic (exact) mass is 481 g/mol. The Hall–Kier alpha value is -3.11. The summed E-state index contributed by atoms with van der Waals surface area (Å²) in [6.45, 7) is 6.76. The molecule has 0 aliphatic carbocycles. The number of rotatable bonds is 7. The van der Waals surface area contributed by atoms with E-state index in [1.165, 1.54) is 10.2 Å². The molecule has 0 saturated carbocycles. The Morgan fingerprint density at radius 3 is 2.80 bits per heavy atom. The van der Waals surface area contributed by atoms with Gasteiger partial charge in [0, 0.05) is 57.4 Å². The van der Waals surface area contributed by atoms with Crippen LogP contribution in [-0.2, 0) is 30.8 Å². The Morgan fingerprint density at radius 2 is 1.94 bits per heavy atom. The fraction of sp³-hybridized carbons (Fsp3) is 0.480. The van der Waals surface area contributed by atoms with Gasteiger partial charge in [-0.2, -0.15) is 5.10 Å². The van der Waals surface area contributed by atoms with Crippen LogP contribution in [0, 0.1) is 0 Å². The predicted molar refractivity (Wildman–Crippen MR) is 129 cm³/mol. The minimum Gasteiger partial charge on any atom is -0.379 e. The summed E-state index contributed by atoms with van der Waals surface area (Å²) in [5.41, 5.74) is 5.63. The Morgan fingerprint density at radius 1 is 1.06 bits per heavy atom. The van der Waals surface area contributed by atoms with E-state index in [9.17, 15) is 8.78 Å². The number of aryl methyl sites for hydroxylation is 1. The third kappa shape index (κ3) is 4.60. The Kier molecular flexibility index (Phi) is 6.07. The van der Waals surface area contributed by atoms with E-state index in [-0.39, 0.29) is 0 Å². The minimum atomic E-state index is -2.44. The van der Waals surface area contributed by atoms with Gasteiger partial charge in [-0.05, 0) is 30.2 Å². The number of alkyl halides is 2. The van der Waals surface area contributed by atoms with Crippen molar-refractivity contribution in [1.29, 1.82) is 0 Å². The van der Waals surface area contributed by atoms with E-state index >= 15 is 0 Å².